The Bertz CT molecular complexity index is 496. The molecular formula is C10H9N3O. The molecular weight excluding hydrogens is 178 g/mol. The van der Waals surface area contributed by atoms with Gasteiger partial charge in [0.05, 0.1) is 17.7 Å². The summed E-state index contributed by atoms with van der Waals surface area (Å²) in [5, 5.41) is 8.83. The van der Waals surface area contributed by atoms with Crippen molar-refractivity contribution in [1.82, 2.24) is 9.97 Å². The molecule has 0 unspecified atom stereocenters. The zero-order valence-electron chi connectivity index (χ0n) is 7.74. The summed E-state index contributed by atoms with van der Waals surface area (Å²) in [4.78, 5) is 7.16. The minimum atomic E-state index is 0.463. The second kappa shape index (κ2) is 3.38. The molecule has 1 heterocycles. The van der Waals surface area contributed by atoms with E-state index in [1.54, 1.807) is 6.07 Å². The Hall–Kier alpha value is -2.02. The zero-order chi connectivity index (χ0) is 9.97. The first-order chi connectivity index (χ1) is 6.85. The Morgan fingerprint density at radius 2 is 2.43 bits per heavy atom. The van der Waals surface area contributed by atoms with Crippen LogP contribution in [0.15, 0.2) is 18.2 Å². The fourth-order valence-electron chi connectivity index (χ4n) is 1.30. The molecule has 0 aliphatic heterocycles. The first-order valence-electron chi connectivity index (χ1n) is 4.36. The number of ether oxygens (including phenoxy) is 1. The van der Waals surface area contributed by atoms with Gasteiger partial charge in [-0.3, -0.25) is 0 Å². The summed E-state index contributed by atoms with van der Waals surface area (Å²) in [6.45, 7) is 2.44. The summed E-state index contributed by atoms with van der Waals surface area (Å²) in [7, 11) is 0. The van der Waals surface area contributed by atoms with Crippen LogP contribution in [0.3, 0.4) is 0 Å². The molecule has 0 saturated heterocycles. The topological polar surface area (TPSA) is 61.7 Å². The lowest BCUT2D eigenvalue weighted by molar-refractivity contribution is 0.317. The summed E-state index contributed by atoms with van der Waals surface area (Å²) >= 11 is 0. The van der Waals surface area contributed by atoms with E-state index in [1.807, 2.05) is 19.1 Å². The SMILES string of the molecule is CCOc1nc2c(C#N)cccc2[nH]1. The molecule has 4 heteroatoms. The molecule has 0 saturated carbocycles. The average Bonchev–Trinajstić information content (AvgIpc) is 2.60. The van der Waals surface area contributed by atoms with E-state index in [-0.39, 0.29) is 0 Å². The van der Waals surface area contributed by atoms with Crippen LogP contribution in [-0.2, 0) is 0 Å². The smallest absolute Gasteiger partial charge is 0.294 e. The number of nitriles is 1. The number of imidazole rings is 1. The third kappa shape index (κ3) is 1.29. The van der Waals surface area contributed by atoms with Crippen LogP contribution in [0.4, 0.5) is 0 Å². The van der Waals surface area contributed by atoms with E-state index in [1.165, 1.54) is 0 Å². The van der Waals surface area contributed by atoms with Crippen molar-refractivity contribution in [1.29, 1.82) is 5.26 Å². The Kier molecular flexibility index (Phi) is 2.07. The van der Waals surface area contributed by atoms with Gasteiger partial charge in [0.1, 0.15) is 11.6 Å². The van der Waals surface area contributed by atoms with Crippen LogP contribution in [0.25, 0.3) is 11.0 Å². The van der Waals surface area contributed by atoms with Crippen molar-refractivity contribution in [3.8, 4) is 12.1 Å². The standard InChI is InChI=1S/C10H9N3O/c1-2-14-10-12-8-5-3-4-7(6-11)9(8)13-10/h3-5H,2H2,1H3,(H,12,13). The third-order valence-electron chi connectivity index (χ3n) is 1.89. The number of nitrogens with one attached hydrogen (secondary N) is 1. The minimum Gasteiger partial charge on any atom is -0.465 e. The van der Waals surface area contributed by atoms with Gasteiger partial charge in [0.25, 0.3) is 6.01 Å². The van der Waals surface area contributed by atoms with Crippen molar-refractivity contribution in [3.63, 3.8) is 0 Å². The van der Waals surface area contributed by atoms with Crippen molar-refractivity contribution in [3.05, 3.63) is 23.8 Å². The second-order valence-corrected chi connectivity index (χ2v) is 2.79. The van der Waals surface area contributed by atoms with Crippen LogP contribution < -0.4 is 4.74 Å². The number of hydrogen-bond acceptors (Lipinski definition) is 3. The highest BCUT2D eigenvalue weighted by Crippen LogP contribution is 2.18. The van der Waals surface area contributed by atoms with Gasteiger partial charge in [0.15, 0.2) is 0 Å². The summed E-state index contributed by atoms with van der Waals surface area (Å²) < 4.78 is 5.21. The highest BCUT2D eigenvalue weighted by Gasteiger charge is 2.06. The summed E-state index contributed by atoms with van der Waals surface area (Å²) in [5.74, 6) is 0. The van der Waals surface area contributed by atoms with Crippen LogP contribution in [0.1, 0.15) is 12.5 Å². The molecule has 0 aliphatic carbocycles. The number of H-pyrrole nitrogens is 1. The molecule has 70 valence electrons. The molecule has 4 nitrogen and oxygen atoms in total. The molecule has 2 rings (SSSR count). The maximum atomic E-state index is 8.83. The maximum absolute atomic E-state index is 8.83. The molecule has 0 amide bonds. The number of nitrogens with zero attached hydrogens (tertiary/aromatic N) is 2. The first-order valence-corrected chi connectivity index (χ1v) is 4.36. The van der Waals surface area contributed by atoms with Gasteiger partial charge in [-0.25, -0.2) is 0 Å². The van der Waals surface area contributed by atoms with E-state index in [0.717, 1.165) is 5.52 Å². The molecule has 0 bridgehead atoms. The summed E-state index contributed by atoms with van der Waals surface area (Å²) in [6.07, 6.45) is 0. The number of hydrogen-bond donors (Lipinski definition) is 1. The van der Waals surface area contributed by atoms with Crippen LogP contribution in [0.5, 0.6) is 6.01 Å². The summed E-state index contributed by atoms with van der Waals surface area (Å²) in [5.41, 5.74) is 2.05. The minimum absolute atomic E-state index is 0.463. The molecule has 1 N–H and O–H groups in total. The number of fused-ring (bicyclic) bond motifs is 1. The molecule has 0 aliphatic rings. The molecule has 1 aromatic carbocycles. The predicted molar refractivity (Wildman–Crippen MR) is 52.0 cm³/mol. The monoisotopic (exact) mass is 187 g/mol. The van der Waals surface area contributed by atoms with E-state index >= 15 is 0 Å². The molecule has 0 spiro atoms. The number of benzene rings is 1. The normalized spacial score (nSPS) is 10.0. The quantitative estimate of drug-likeness (QED) is 0.780. The highest BCUT2D eigenvalue weighted by molar-refractivity contribution is 5.81. The average molecular weight is 187 g/mol. The molecule has 0 atom stereocenters. The number of rotatable bonds is 2. The first kappa shape index (κ1) is 8.57. The zero-order valence-corrected chi connectivity index (χ0v) is 7.74. The van der Waals surface area contributed by atoms with Gasteiger partial charge in [0, 0.05) is 0 Å². The Morgan fingerprint density at radius 3 is 3.14 bits per heavy atom. The van der Waals surface area contributed by atoms with Gasteiger partial charge >= 0.3 is 0 Å². The van der Waals surface area contributed by atoms with E-state index in [4.69, 9.17) is 10.00 Å². The fraction of sp³-hybridized carbons (Fsp3) is 0.200. The van der Waals surface area contributed by atoms with Crippen molar-refractivity contribution in [2.75, 3.05) is 6.61 Å². The van der Waals surface area contributed by atoms with Gasteiger partial charge < -0.3 is 9.72 Å². The Balaban J connectivity index is 2.60. The van der Waals surface area contributed by atoms with Crippen molar-refractivity contribution >= 4 is 11.0 Å². The number of aromatic amines is 1. The lowest BCUT2D eigenvalue weighted by Crippen LogP contribution is -1.92. The molecule has 14 heavy (non-hydrogen) atoms. The number of aromatic nitrogens is 2. The molecule has 0 fully saturated rings. The van der Waals surface area contributed by atoms with E-state index in [2.05, 4.69) is 16.0 Å². The van der Waals surface area contributed by atoms with Gasteiger partial charge in [-0.15, -0.1) is 0 Å². The van der Waals surface area contributed by atoms with Gasteiger partial charge in [0.2, 0.25) is 0 Å². The second-order valence-electron chi connectivity index (χ2n) is 2.79. The third-order valence-corrected chi connectivity index (χ3v) is 1.89. The molecule has 0 radical (unpaired) electrons. The molecule has 1 aromatic heterocycles. The van der Waals surface area contributed by atoms with Gasteiger partial charge in [-0.2, -0.15) is 10.2 Å². The van der Waals surface area contributed by atoms with Gasteiger partial charge in [-0.1, -0.05) is 6.07 Å². The largest absolute Gasteiger partial charge is 0.465 e. The maximum Gasteiger partial charge on any atom is 0.294 e. The Morgan fingerprint density at radius 1 is 1.57 bits per heavy atom. The lowest BCUT2D eigenvalue weighted by atomic mass is 10.2. The highest BCUT2D eigenvalue weighted by atomic mass is 16.5. The van der Waals surface area contributed by atoms with Gasteiger partial charge in [-0.05, 0) is 19.1 Å². The number of para-hydroxylation sites is 1. The van der Waals surface area contributed by atoms with Crippen LogP contribution in [0, 0.1) is 11.3 Å². The van der Waals surface area contributed by atoms with Crippen LogP contribution in [-0.4, -0.2) is 16.6 Å². The van der Waals surface area contributed by atoms with Crippen molar-refractivity contribution in [2.45, 2.75) is 6.92 Å². The lowest BCUT2D eigenvalue weighted by Gasteiger charge is -1.93. The van der Waals surface area contributed by atoms with Crippen LogP contribution >= 0.6 is 0 Å². The van der Waals surface area contributed by atoms with E-state index in [0.29, 0.717) is 23.7 Å². The van der Waals surface area contributed by atoms with E-state index < -0.39 is 0 Å². The fourth-order valence-corrected chi connectivity index (χ4v) is 1.30. The van der Waals surface area contributed by atoms with E-state index in [9.17, 15) is 0 Å². The van der Waals surface area contributed by atoms with Crippen molar-refractivity contribution < 1.29 is 4.74 Å². The van der Waals surface area contributed by atoms with Crippen molar-refractivity contribution in [2.24, 2.45) is 0 Å². The summed E-state index contributed by atoms with van der Waals surface area (Å²) in [6, 6.07) is 7.97. The molecule has 2 aromatic rings. The Labute approximate surface area is 81.1 Å². The van der Waals surface area contributed by atoms with Crippen LogP contribution in [0.2, 0.25) is 0 Å². The predicted octanol–water partition coefficient (Wildman–Crippen LogP) is 1.83.